The molecule has 0 aliphatic heterocycles. The summed E-state index contributed by atoms with van der Waals surface area (Å²) in [6.45, 7) is 4.07. The van der Waals surface area contributed by atoms with E-state index in [2.05, 4.69) is 22.1 Å². The number of carbonyl (C=O) groups is 1. The van der Waals surface area contributed by atoms with Crippen molar-refractivity contribution in [3.63, 3.8) is 0 Å². The number of ether oxygens (including phenoxy) is 1. The molecule has 0 unspecified atom stereocenters. The van der Waals surface area contributed by atoms with Crippen molar-refractivity contribution < 1.29 is 9.53 Å². The van der Waals surface area contributed by atoms with Crippen LogP contribution in [-0.4, -0.2) is 12.6 Å². The molecule has 0 bridgehead atoms. The molecule has 3 nitrogen and oxygen atoms in total. The Bertz CT molecular complexity index is 155. The van der Waals surface area contributed by atoms with Crippen LogP contribution in [0.3, 0.4) is 0 Å². The van der Waals surface area contributed by atoms with Crippen molar-refractivity contribution in [1.29, 1.82) is 0 Å². The van der Waals surface area contributed by atoms with Crippen LogP contribution in [0.4, 0.5) is 4.79 Å². The summed E-state index contributed by atoms with van der Waals surface area (Å²) in [7, 11) is 0. The van der Waals surface area contributed by atoms with Gasteiger partial charge in [0.05, 0.1) is 0 Å². The van der Waals surface area contributed by atoms with E-state index in [1.807, 2.05) is 6.92 Å². The fraction of sp³-hybridized carbons (Fsp3) is 0.571. The molecule has 0 spiro atoms. The topological polar surface area (TPSA) is 40.4 Å². The minimum Gasteiger partial charge on any atom is -0.354 e. The second-order valence-corrected chi connectivity index (χ2v) is 1.47. The summed E-state index contributed by atoms with van der Waals surface area (Å²) in [6.07, 6.45) is 2.30. The van der Waals surface area contributed by atoms with E-state index in [0.717, 1.165) is 0 Å². The zero-order valence-corrected chi connectivity index (χ0v) is 6.18. The van der Waals surface area contributed by atoms with Crippen LogP contribution in [0.5, 0.6) is 0 Å². The van der Waals surface area contributed by atoms with E-state index in [1.165, 1.54) is 0 Å². The van der Waals surface area contributed by atoms with Gasteiger partial charge in [-0.05, 0) is 6.92 Å². The quantitative estimate of drug-likeness (QED) is 0.512. The lowest BCUT2D eigenvalue weighted by Gasteiger charge is -1.90. The summed E-state index contributed by atoms with van der Waals surface area (Å²) < 4.78 is 4.36. The smallest absolute Gasteiger partial charge is 0.354 e. The highest BCUT2D eigenvalue weighted by Gasteiger charge is 1.96. The van der Waals surface area contributed by atoms with Crippen molar-refractivity contribution in [1.82, 2.24) is 5.32 Å². The van der Waals surface area contributed by atoms with Crippen molar-refractivity contribution in [2.75, 3.05) is 6.54 Å². The Hall–Kier alpha value is -1.17. The van der Waals surface area contributed by atoms with Crippen LogP contribution < -0.4 is 5.32 Å². The van der Waals surface area contributed by atoms with Crippen molar-refractivity contribution in [3.8, 4) is 12.0 Å². The van der Waals surface area contributed by atoms with Gasteiger partial charge in [-0.1, -0.05) is 12.8 Å². The molecule has 0 saturated carbocycles. The number of rotatable bonds is 1. The fourth-order valence-corrected chi connectivity index (χ4v) is 0.313. The Morgan fingerprint density at radius 2 is 2.30 bits per heavy atom. The van der Waals surface area contributed by atoms with Crippen LogP contribution in [-0.2, 0) is 4.74 Å². The van der Waals surface area contributed by atoms with Gasteiger partial charge in [0.2, 0.25) is 0 Å². The van der Waals surface area contributed by atoms with Crippen molar-refractivity contribution in [2.24, 2.45) is 0 Å². The summed E-state index contributed by atoms with van der Waals surface area (Å²) in [4.78, 5) is 10.4. The number of hydrogen-bond donors (Lipinski definition) is 0. The maximum atomic E-state index is 10.4. The largest absolute Gasteiger partial charge is 0.443 e. The third-order valence-electron chi connectivity index (χ3n) is 0.675. The molecule has 0 atom stereocenters. The van der Waals surface area contributed by atoms with E-state index < -0.39 is 6.09 Å². The first-order valence-electron chi connectivity index (χ1n) is 3.17. The van der Waals surface area contributed by atoms with Crippen molar-refractivity contribution in [2.45, 2.75) is 20.3 Å². The minimum absolute atomic E-state index is 0.437. The molecule has 10 heavy (non-hydrogen) atoms. The van der Waals surface area contributed by atoms with Crippen LogP contribution in [0.25, 0.3) is 0 Å². The maximum absolute atomic E-state index is 10.4. The Morgan fingerprint density at radius 3 is 2.80 bits per heavy atom. The molecule has 0 rings (SSSR count). The predicted molar refractivity (Wildman–Crippen MR) is 37.2 cm³/mol. The van der Waals surface area contributed by atoms with Gasteiger partial charge in [0.1, 0.15) is 6.11 Å². The third-order valence-corrected chi connectivity index (χ3v) is 0.675. The Kier molecular flexibility index (Phi) is 5.26. The SMILES string of the molecule is CCC#COC(=O)[N]CC. The molecule has 0 aliphatic rings. The zero-order chi connectivity index (χ0) is 7.82. The zero-order valence-electron chi connectivity index (χ0n) is 6.18. The normalized spacial score (nSPS) is 7.40. The molecule has 0 N–H and O–H groups in total. The van der Waals surface area contributed by atoms with Crippen LogP contribution in [0, 0.1) is 12.0 Å². The Morgan fingerprint density at radius 1 is 1.60 bits per heavy atom. The second-order valence-electron chi connectivity index (χ2n) is 1.47. The van der Waals surface area contributed by atoms with Gasteiger partial charge in [-0.15, -0.1) is 0 Å². The van der Waals surface area contributed by atoms with E-state index in [0.29, 0.717) is 13.0 Å². The van der Waals surface area contributed by atoms with Gasteiger partial charge in [-0.25, -0.2) is 10.1 Å². The van der Waals surface area contributed by atoms with Crippen LogP contribution in [0.15, 0.2) is 0 Å². The molecule has 0 aromatic rings. The summed E-state index contributed by atoms with van der Waals surface area (Å²) >= 11 is 0. The summed E-state index contributed by atoms with van der Waals surface area (Å²) in [5.41, 5.74) is 0. The predicted octanol–water partition coefficient (Wildman–Crippen LogP) is 1.12. The third kappa shape index (κ3) is 4.98. The average Bonchev–Trinajstić information content (AvgIpc) is 1.89. The highest BCUT2D eigenvalue weighted by atomic mass is 16.5. The molecule has 1 radical (unpaired) electrons. The molecule has 0 heterocycles. The van der Waals surface area contributed by atoms with Crippen molar-refractivity contribution in [3.05, 3.63) is 0 Å². The van der Waals surface area contributed by atoms with Gasteiger partial charge in [0, 0.05) is 13.0 Å². The summed E-state index contributed by atoms with van der Waals surface area (Å²) in [6, 6.07) is 0. The standard InChI is InChI=1S/C7H10NO2/c1-3-5-6-10-7(9)8-4-2/h3-4H2,1-2H3. The average molecular weight is 140 g/mol. The Labute approximate surface area is 60.8 Å². The highest BCUT2D eigenvalue weighted by Crippen LogP contribution is 1.76. The fourth-order valence-electron chi connectivity index (χ4n) is 0.313. The van der Waals surface area contributed by atoms with Crippen LogP contribution >= 0.6 is 0 Å². The minimum atomic E-state index is -0.608. The van der Waals surface area contributed by atoms with E-state index in [1.54, 1.807) is 6.92 Å². The van der Waals surface area contributed by atoms with E-state index in [9.17, 15) is 4.79 Å². The number of amides is 1. The lowest BCUT2D eigenvalue weighted by molar-refractivity contribution is 0.191. The molecule has 0 fully saturated rings. The summed E-state index contributed by atoms with van der Waals surface area (Å²) in [5, 5.41) is 3.43. The van der Waals surface area contributed by atoms with E-state index >= 15 is 0 Å². The van der Waals surface area contributed by atoms with Crippen LogP contribution in [0.2, 0.25) is 0 Å². The second kappa shape index (κ2) is 5.96. The Balaban J connectivity index is 3.39. The number of nitrogens with zero attached hydrogens (tertiary/aromatic N) is 1. The number of carbonyl (C=O) groups excluding carboxylic acids is 1. The van der Waals surface area contributed by atoms with E-state index in [-0.39, 0.29) is 0 Å². The van der Waals surface area contributed by atoms with Gasteiger partial charge in [-0.3, -0.25) is 0 Å². The molecule has 55 valence electrons. The van der Waals surface area contributed by atoms with Gasteiger partial charge in [0.15, 0.2) is 0 Å². The molecule has 0 aromatic heterocycles. The van der Waals surface area contributed by atoms with Gasteiger partial charge < -0.3 is 4.74 Å². The number of hydrogen-bond acceptors (Lipinski definition) is 2. The molecular weight excluding hydrogens is 130 g/mol. The first-order chi connectivity index (χ1) is 4.81. The molecule has 0 aliphatic carbocycles. The van der Waals surface area contributed by atoms with Gasteiger partial charge in [0.25, 0.3) is 0 Å². The van der Waals surface area contributed by atoms with E-state index in [4.69, 9.17) is 0 Å². The monoisotopic (exact) mass is 140 g/mol. The maximum Gasteiger partial charge on any atom is 0.443 e. The molecule has 0 saturated heterocycles. The van der Waals surface area contributed by atoms with Gasteiger partial charge >= 0.3 is 6.09 Å². The lowest BCUT2D eigenvalue weighted by atomic mass is 10.5. The lowest BCUT2D eigenvalue weighted by Crippen LogP contribution is -2.13. The molecule has 3 heteroatoms. The van der Waals surface area contributed by atoms with Crippen LogP contribution in [0.1, 0.15) is 20.3 Å². The first-order valence-corrected chi connectivity index (χ1v) is 3.17. The summed E-state index contributed by atoms with van der Waals surface area (Å²) in [5.74, 6) is 2.58. The molecule has 1 amide bonds. The molecular formula is C7H10NO2. The molecule has 0 aromatic carbocycles. The van der Waals surface area contributed by atoms with Gasteiger partial charge in [-0.2, -0.15) is 0 Å². The first kappa shape index (κ1) is 8.83. The van der Waals surface area contributed by atoms with Crippen molar-refractivity contribution >= 4 is 6.09 Å². The highest BCUT2D eigenvalue weighted by molar-refractivity contribution is 5.67.